The van der Waals surface area contributed by atoms with Crippen molar-refractivity contribution in [3.63, 3.8) is 0 Å². The highest BCUT2D eigenvalue weighted by molar-refractivity contribution is 5.77. The maximum Gasteiger partial charge on any atom is 0.269 e. The first-order valence-electron chi connectivity index (χ1n) is 8.83. The molecule has 8 nitrogen and oxygen atoms in total. The van der Waals surface area contributed by atoms with Gasteiger partial charge in [0.25, 0.3) is 5.69 Å². The Morgan fingerprint density at radius 2 is 1.71 bits per heavy atom. The van der Waals surface area contributed by atoms with E-state index in [1.54, 1.807) is 38.3 Å². The van der Waals surface area contributed by atoms with Crippen molar-refractivity contribution in [2.45, 2.75) is 13.0 Å². The van der Waals surface area contributed by atoms with E-state index in [0.29, 0.717) is 24.6 Å². The van der Waals surface area contributed by atoms with Crippen LogP contribution in [0, 0.1) is 10.1 Å². The van der Waals surface area contributed by atoms with Crippen LogP contribution < -0.4 is 14.8 Å². The molecule has 0 bridgehead atoms. The number of carbonyl (C=O) groups excluding carboxylic acids is 1. The average Bonchev–Trinajstić information content (AvgIpc) is 2.71. The van der Waals surface area contributed by atoms with Gasteiger partial charge in [0.05, 0.1) is 25.7 Å². The van der Waals surface area contributed by atoms with Crippen LogP contribution in [0.4, 0.5) is 5.69 Å². The average molecular weight is 387 g/mol. The number of non-ortho nitro benzene ring substituents is 1. The summed E-state index contributed by atoms with van der Waals surface area (Å²) in [5.74, 6) is 1.31. The topological polar surface area (TPSA) is 93.9 Å². The molecule has 0 atom stereocenters. The normalized spacial score (nSPS) is 10.4. The Labute approximate surface area is 164 Å². The lowest BCUT2D eigenvalue weighted by molar-refractivity contribution is -0.384. The SMILES string of the molecule is COc1ccc(CCNCC(=O)N(C)Cc2ccc([N+](=O)[O-])cc2)cc1OC. The van der Waals surface area contributed by atoms with E-state index in [1.807, 2.05) is 18.2 Å². The Balaban J connectivity index is 1.76. The second kappa shape index (κ2) is 10.3. The molecule has 2 aromatic carbocycles. The maximum atomic E-state index is 12.2. The van der Waals surface area contributed by atoms with E-state index in [2.05, 4.69) is 5.32 Å². The first-order valence-corrected chi connectivity index (χ1v) is 8.83. The van der Waals surface area contributed by atoms with Crippen molar-refractivity contribution in [2.75, 3.05) is 34.4 Å². The van der Waals surface area contributed by atoms with Gasteiger partial charge in [0, 0.05) is 25.7 Å². The van der Waals surface area contributed by atoms with Gasteiger partial charge in [0.2, 0.25) is 5.91 Å². The van der Waals surface area contributed by atoms with Crippen LogP contribution in [0.25, 0.3) is 0 Å². The van der Waals surface area contributed by atoms with Gasteiger partial charge in [-0.25, -0.2) is 0 Å². The molecule has 2 rings (SSSR count). The molecule has 8 heteroatoms. The number of carbonyl (C=O) groups is 1. The van der Waals surface area contributed by atoms with E-state index in [4.69, 9.17) is 9.47 Å². The van der Waals surface area contributed by atoms with Crippen molar-refractivity contribution in [1.29, 1.82) is 0 Å². The highest BCUT2D eigenvalue weighted by Crippen LogP contribution is 2.27. The van der Waals surface area contributed by atoms with E-state index in [0.717, 1.165) is 17.5 Å². The zero-order chi connectivity index (χ0) is 20.5. The number of hydrogen-bond acceptors (Lipinski definition) is 6. The standard InChI is InChI=1S/C20H25N3O5/c1-22(14-16-4-7-17(8-5-16)23(25)26)20(24)13-21-11-10-15-6-9-18(27-2)19(12-15)28-3/h4-9,12,21H,10-11,13-14H2,1-3H3. The van der Waals surface area contributed by atoms with E-state index >= 15 is 0 Å². The molecule has 1 amide bonds. The van der Waals surface area contributed by atoms with Crippen LogP contribution in [-0.4, -0.2) is 50.1 Å². The number of amides is 1. The van der Waals surface area contributed by atoms with Gasteiger partial charge >= 0.3 is 0 Å². The second-order valence-corrected chi connectivity index (χ2v) is 6.29. The summed E-state index contributed by atoms with van der Waals surface area (Å²) in [5, 5.41) is 13.8. The maximum absolute atomic E-state index is 12.2. The molecule has 0 aliphatic heterocycles. The molecule has 0 saturated heterocycles. The van der Waals surface area contributed by atoms with Gasteiger partial charge in [-0.2, -0.15) is 0 Å². The molecule has 0 saturated carbocycles. The van der Waals surface area contributed by atoms with Gasteiger partial charge in [-0.3, -0.25) is 14.9 Å². The van der Waals surface area contributed by atoms with E-state index in [9.17, 15) is 14.9 Å². The fourth-order valence-electron chi connectivity index (χ4n) is 2.68. The van der Waals surface area contributed by atoms with Gasteiger partial charge in [0.15, 0.2) is 11.5 Å². The minimum Gasteiger partial charge on any atom is -0.493 e. The molecule has 0 heterocycles. The molecule has 0 unspecified atom stereocenters. The minimum atomic E-state index is -0.443. The van der Waals surface area contributed by atoms with Crippen LogP contribution in [0.1, 0.15) is 11.1 Å². The number of nitro benzene ring substituents is 1. The molecule has 0 aromatic heterocycles. The van der Waals surface area contributed by atoms with Crippen molar-refractivity contribution in [3.05, 3.63) is 63.7 Å². The molecule has 0 aliphatic rings. The fourth-order valence-corrected chi connectivity index (χ4v) is 2.68. The Hall–Kier alpha value is -3.13. The molecule has 1 N–H and O–H groups in total. The third kappa shape index (κ3) is 5.95. The molecule has 2 aromatic rings. The number of ether oxygens (including phenoxy) is 2. The van der Waals surface area contributed by atoms with Gasteiger partial charge in [-0.05, 0) is 36.2 Å². The predicted octanol–water partition coefficient (Wildman–Crippen LogP) is 2.40. The lowest BCUT2D eigenvalue weighted by atomic mass is 10.1. The van der Waals surface area contributed by atoms with Crippen molar-refractivity contribution in [3.8, 4) is 11.5 Å². The number of nitrogens with one attached hydrogen (secondary N) is 1. The van der Waals surface area contributed by atoms with E-state index < -0.39 is 4.92 Å². The third-order valence-corrected chi connectivity index (χ3v) is 4.31. The van der Waals surface area contributed by atoms with Crippen LogP contribution in [0.5, 0.6) is 11.5 Å². The zero-order valence-corrected chi connectivity index (χ0v) is 16.3. The highest BCUT2D eigenvalue weighted by atomic mass is 16.6. The van der Waals surface area contributed by atoms with Gasteiger partial charge < -0.3 is 19.7 Å². The molecule has 0 radical (unpaired) electrons. The number of likely N-dealkylation sites (N-methyl/N-ethyl adjacent to an activating group) is 1. The molecule has 0 spiro atoms. The summed E-state index contributed by atoms with van der Waals surface area (Å²) in [6.07, 6.45) is 0.750. The molecular formula is C20H25N3O5. The van der Waals surface area contributed by atoms with Crippen LogP contribution in [0.3, 0.4) is 0 Å². The first-order chi connectivity index (χ1) is 13.4. The quantitative estimate of drug-likeness (QED) is 0.382. The molecule has 28 heavy (non-hydrogen) atoms. The zero-order valence-electron chi connectivity index (χ0n) is 16.3. The number of nitrogens with zero attached hydrogens (tertiary/aromatic N) is 2. The van der Waals surface area contributed by atoms with Crippen molar-refractivity contribution >= 4 is 11.6 Å². The Bertz CT molecular complexity index is 808. The highest BCUT2D eigenvalue weighted by Gasteiger charge is 2.11. The summed E-state index contributed by atoms with van der Waals surface area (Å²) in [5.41, 5.74) is 1.96. The monoisotopic (exact) mass is 387 g/mol. The number of hydrogen-bond donors (Lipinski definition) is 1. The predicted molar refractivity (Wildman–Crippen MR) is 106 cm³/mol. The second-order valence-electron chi connectivity index (χ2n) is 6.29. The van der Waals surface area contributed by atoms with Crippen LogP contribution in [0.15, 0.2) is 42.5 Å². The largest absolute Gasteiger partial charge is 0.493 e. The summed E-state index contributed by atoms with van der Waals surface area (Å²) >= 11 is 0. The van der Waals surface area contributed by atoms with Crippen molar-refractivity contribution in [1.82, 2.24) is 10.2 Å². The first kappa shape index (κ1) is 21.2. The summed E-state index contributed by atoms with van der Waals surface area (Å²) in [6.45, 7) is 1.26. The summed E-state index contributed by atoms with van der Waals surface area (Å²) in [7, 11) is 4.90. The van der Waals surface area contributed by atoms with Gasteiger partial charge in [-0.15, -0.1) is 0 Å². The lowest BCUT2D eigenvalue weighted by Crippen LogP contribution is -2.35. The summed E-state index contributed by atoms with van der Waals surface area (Å²) in [4.78, 5) is 24.1. The van der Waals surface area contributed by atoms with Crippen molar-refractivity contribution in [2.24, 2.45) is 0 Å². The van der Waals surface area contributed by atoms with Crippen LogP contribution >= 0.6 is 0 Å². The van der Waals surface area contributed by atoms with Crippen LogP contribution in [0.2, 0.25) is 0 Å². The smallest absolute Gasteiger partial charge is 0.269 e. The third-order valence-electron chi connectivity index (χ3n) is 4.31. The molecular weight excluding hydrogens is 362 g/mol. The summed E-state index contributed by atoms with van der Waals surface area (Å²) in [6, 6.07) is 11.9. The fraction of sp³-hybridized carbons (Fsp3) is 0.350. The molecule has 150 valence electrons. The van der Waals surface area contributed by atoms with E-state index in [1.165, 1.54) is 12.1 Å². The van der Waals surface area contributed by atoms with Gasteiger partial charge in [0.1, 0.15) is 0 Å². The van der Waals surface area contributed by atoms with Crippen molar-refractivity contribution < 1.29 is 19.2 Å². The van der Waals surface area contributed by atoms with E-state index in [-0.39, 0.29) is 18.1 Å². The Morgan fingerprint density at radius 1 is 1.07 bits per heavy atom. The Kier molecular flexibility index (Phi) is 7.76. The summed E-state index contributed by atoms with van der Waals surface area (Å²) < 4.78 is 10.5. The number of benzene rings is 2. The van der Waals surface area contributed by atoms with Crippen LogP contribution in [-0.2, 0) is 17.8 Å². The molecule has 0 aliphatic carbocycles. The number of methoxy groups -OCH3 is 2. The molecule has 0 fully saturated rings. The van der Waals surface area contributed by atoms with Gasteiger partial charge in [-0.1, -0.05) is 18.2 Å². The minimum absolute atomic E-state index is 0.0366. The Morgan fingerprint density at radius 3 is 2.32 bits per heavy atom. The lowest BCUT2D eigenvalue weighted by Gasteiger charge is -2.17. The number of rotatable bonds is 10. The number of nitro groups is 1.